The van der Waals surface area contributed by atoms with Crippen LogP contribution in [0.5, 0.6) is 0 Å². The number of alkyl halides is 1. The van der Waals surface area contributed by atoms with Crippen LogP contribution in [0.1, 0.15) is 90.4 Å². The Hall–Kier alpha value is 0.910. The van der Waals surface area contributed by atoms with Crippen LogP contribution in [0.25, 0.3) is 0 Å². The highest BCUT2D eigenvalue weighted by Gasteiger charge is 2.40. The maximum absolute atomic E-state index is 4.03. The Morgan fingerprint density at radius 2 is 1.24 bits per heavy atom. The second-order valence-electron chi connectivity index (χ2n) is 7.88. The molecule has 3 aliphatic carbocycles. The smallest absolute Gasteiger partial charge is 0.0180 e. The van der Waals surface area contributed by atoms with E-state index in [0.717, 1.165) is 27.7 Å². The fraction of sp³-hybridized carbons (Fsp3) is 1.00. The van der Waals surface area contributed by atoms with Crippen LogP contribution >= 0.6 is 23.9 Å². The van der Waals surface area contributed by atoms with Crippen LogP contribution in [-0.2, 0) is 0 Å². The van der Waals surface area contributed by atoms with Gasteiger partial charge in [0.25, 0.3) is 0 Å². The van der Waals surface area contributed by atoms with Crippen LogP contribution in [-0.4, -0.2) is 21.8 Å². The zero-order valence-electron chi connectivity index (χ0n) is 13.9. The molecule has 0 bridgehead atoms. The minimum atomic E-state index is 0.274. The van der Waals surface area contributed by atoms with Crippen molar-refractivity contribution in [3.63, 3.8) is 0 Å². The Labute approximate surface area is 142 Å². The summed E-state index contributed by atoms with van der Waals surface area (Å²) in [5, 5.41) is 0. The van der Waals surface area contributed by atoms with Crippen molar-refractivity contribution >= 4 is 23.9 Å². The largest absolute Gasteiger partial charge is 0.0971 e. The van der Waals surface area contributed by atoms with Gasteiger partial charge in [-0.15, -0.1) is 0 Å². The average Bonchev–Trinajstić information content (AvgIpc) is 2.96. The van der Waals surface area contributed by atoms with Gasteiger partial charge in [-0.05, 0) is 61.4 Å². The van der Waals surface area contributed by atoms with Crippen molar-refractivity contribution in [1.29, 1.82) is 0 Å². The Morgan fingerprint density at radius 3 is 1.67 bits per heavy atom. The van der Waals surface area contributed by atoms with E-state index in [-0.39, 0.29) is 7.92 Å². The molecule has 0 spiro atoms. The molecule has 0 radical (unpaired) electrons. The molecule has 0 heterocycles. The predicted molar refractivity (Wildman–Crippen MR) is 100 cm³/mol. The Balaban J connectivity index is 1.73. The van der Waals surface area contributed by atoms with Crippen molar-refractivity contribution in [2.75, 3.05) is 0 Å². The first kappa shape index (κ1) is 16.8. The zero-order valence-corrected chi connectivity index (χ0v) is 16.4. The summed E-state index contributed by atoms with van der Waals surface area (Å²) >= 11 is 4.03. The van der Waals surface area contributed by atoms with Crippen LogP contribution in [0.15, 0.2) is 0 Å². The fourth-order valence-electron chi connectivity index (χ4n) is 5.43. The Bertz CT molecular complexity index is 289. The standard InChI is InChI=1S/C19H34BrP/c1-15(18-13-8-14-19(18)20)21(16-9-4-2-5-10-16)17-11-6-3-7-12-17/h15-19H,2-14H2,1H3/t15-,18?,19?/m1/s1. The SMILES string of the molecule is C[C@H](C1CCCC1Br)P(C1CCCCC1)C1CCCCC1. The van der Waals surface area contributed by atoms with E-state index in [1.54, 1.807) is 25.7 Å². The first-order valence-electron chi connectivity index (χ1n) is 9.69. The zero-order chi connectivity index (χ0) is 14.7. The quantitative estimate of drug-likeness (QED) is 0.365. The van der Waals surface area contributed by atoms with Gasteiger partial charge < -0.3 is 0 Å². The highest BCUT2D eigenvalue weighted by atomic mass is 79.9. The molecule has 0 nitrogen and oxygen atoms in total. The van der Waals surface area contributed by atoms with Gasteiger partial charge in [0, 0.05) is 4.83 Å². The van der Waals surface area contributed by atoms with Gasteiger partial charge in [-0.1, -0.05) is 75.7 Å². The Morgan fingerprint density at radius 1 is 0.714 bits per heavy atom. The lowest BCUT2D eigenvalue weighted by Crippen LogP contribution is -2.31. The van der Waals surface area contributed by atoms with Crippen molar-refractivity contribution in [3.8, 4) is 0 Å². The summed E-state index contributed by atoms with van der Waals surface area (Å²) in [7, 11) is 0.274. The van der Waals surface area contributed by atoms with Crippen molar-refractivity contribution < 1.29 is 0 Å². The van der Waals surface area contributed by atoms with E-state index in [1.807, 2.05) is 0 Å². The maximum atomic E-state index is 4.03. The van der Waals surface area contributed by atoms with Crippen LogP contribution in [0.3, 0.4) is 0 Å². The van der Waals surface area contributed by atoms with Gasteiger partial charge in [0.1, 0.15) is 0 Å². The summed E-state index contributed by atoms with van der Waals surface area (Å²) in [4.78, 5) is 0.838. The van der Waals surface area contributed by atoms with Gasteiger partial charge in [-0.2, -0.15) is 0 Å². The molecule has 3 rings (SSSR count). The van der Waals surface area contributed by atoms with E-state index >= 15 is 0 Å². The van der Waals surface area contributed by atoms with Crippen LogP contribution in [0.4, 0.5) is 0 Å². The first-order chi connectivity index (χ1) is 10.3. The highest BCUT2D eigenvalue weighted by Crippen LogP contribution is 2.62. The fourth-order valence-corrected chi connectivity index (χ4v) is 11.4. The van der Waals surface area contributed by atoms with Crippen LogP contribution in [0.2, 0.25) is 0 Å². The third-order valence-electron chi connectivity index (χ3n) is 6.56. The lowest BCUT2D eigenvalue weighted by atomic mass is 9.99. The molecule has 122 valence electrons. The molecular formula is C19H34BrP. The van der Waals surface area contributed by atoms with Gasteiger partial charge in [0.2, 0.25) is 0 Å². The number of hydrogen-bond donors (Lipinski definition) is 0. The summed E-state index contributed by atoms with van der Waals surface area (Å²) in [5.41, 5.74) is 3.29. The summed E-state index contributed by atoms with van der Waals surface area (Å²) < 4.78 is 0. The van der Waals surface area contributed by atoms with Gasteiger partial charge in [-0.3, -0.25) is 0 Å². The highest BCUT2D eigenvalue weighted by molar-refractivity contribution is 9.09. The number of hydrogen-bond acceptors (Lipinski definition) is 0. The van der Waals surface area contributed by atoms with Crippen molar-refractivity contribution in [2.45, 2.75) is 112 Å². The number of halogens is 1. The topological polar surface area (TPSA) is 0 Å². The predicted octanol–water partition coefficient (Wildman–Crippen LogP) is 7.09. The van der Waals surface area contributed by atoms with Crippen molar-refractivity contribution in [3.05, 3.63) is 0 Å². The van der Waals surface area contributed by atoms with Crippen molar-refractivity contribution in [2.24, 2.45) is 5.92 Å². The summed E-state index contributed by atoms with van der Waals surface area (Å²) in [6, 6.07) is 0. The monoisotopic (exact) mass is 372 g/mol. The molecule has 3 fully saturated rings. The average molecular weight is 373 g/mol. The first-order valence-corrected chi connectivity index (χ1v) is 12.2. The maximum Gasteiger partial charge on any atom is 0.0180 e. The summed E-state index contributed by atoms with van der Waals surface area (Å²) in [6.07, 6.45) is 19.9. The van der Waals surface area contributed by atoms with E-state index in [9.17, 15) is 0 Å². The molecule has 0 aromatic carbocycles. The molecular weight excluding hydrogens is 339 g/mol. The molecule has 3 saturated carbocycles. The second-order valence-corrected chi connectivity index (χ2v) is 12.2. The molecule has 0 amide bonds. The van der Waals surface area contributed by atoms with E-state index in [2.05, 4.69) is 22.9 Å². The lowest BCUT2D eigenvalue weighted by Gasteiger charge is -2.44. The summed E-state index contributed by atoms with van der Waals surface area (Å²) in [6.45, 7) is 2.67. The van der Waals surface area contributed by atoms with Crippen LogP contribution < -0.4 is 0 Å². The minimum absolute atomic E-state index is 0.274. The third-order valence-corrected chi connectivity index (χ3v) is 11.7. The normalized spacial score (nSPS) is 34.4. The van der Waals surface area contributed by atoms with Crippen molar-refractivity contribution in [1.82, 2.24) is 0 Å². The molecule has 0 saturated heterocycles. The van der Waals surface area contributed by atoms with E-state index in [1.165, 1.54) is 57.8 Å². The lowest BCUT2D eigenvalue weighted by molar-refractivity contribution is 0.468. The second kappa shape index (κ2) is 8.14. The van der Waals surface area contributed by atoms with Gasteiger partial charge in [0.15, 0.2) is 0 Å². The van der Waals surface area contributed by atoms with E-state index in [4.69, 9.17) is 0 Å². The van der Waals surface area contributed by atoms with E-state index in [0.29, 0.717) is 0 Å². The third kappa shape index (κ3) is 4.06. The molecule has 3 aliphatic rings. The molecule has 2 unspecified atom stereocenters. The summed E-state index contributed by atoms with van der Waals surface area (Å²) in [5.74, 6) is 1.000. The van der Waals surface area contributed by atoms with Gasteiger partial charge in [-0.25, -0.2) is 0 Å². The number of rotatable bonds is 4. The Kier molecular flexibility index (Phi) is 6.50. The van der Waals surface area contributed by atoms with Crippen LogP contribution in [0, 0.1) is 5.92 Å². The molecule has 0 aliphatic heterocycles. The molecule has 0 aromatic heterocycles. The molecule has 0 N–H and O–H groups in total. The molecule has 21 heavy (non-hydrogen) atoms. The molecule has 0 aromatic rings. The van der Waals surface area contributed by atoms with Gasteiger partial charge >= 0.3 is 0 Å². The van der Waals surface area contributed by atoms with E-state index < -0.39 is 0 Å². The molecule has 2 heteroatoms. The van der Waals surface area contributed by atoms with Gasteiger partial charge in [0.05, 0.1) is 0 Å². The molecule has 3 atom stereocenters. The minimum Gasteiger partial charge on any atom is -0.0971 e.